The molecule has 0 aliphatic carbocycles. The van der Waals surface area contributed by atoms with Crippen LogP contribution in [-0.4, -0.2) is 47.5 Å². The predicted molar refractivity (Wildman–Crippen MR) is 67.8 cm³/mol. The summed E-state index contributed by atoms with van der Waals surface area (Å²) < 4.78 is 68.2. The number of halogens is 3. The van der Waals surface area contributed by atoms with Crippen molar-refractivity contribution in [2.24, 2.45) is 43.3 Å². The highest BCUT2D eigenvalue weighted by atomic mass is 32.3. The predicted octanol–water partition coefficient (Wildman–Crippen LogP) is -2.22. The third kappa shape index (κ3) is 20.0. The van der Waals surface area contributed by atoms with E-state index in [-0.39, 0.29) is 6.21 Å². The molecule has 0 heterocycles. The van der Waals surface area contributed by atoms with Crippen molar-refractivity contribution >= 4 is 34.2 Å². The van der Waals surface area contributed by atoms with Gasteiger partial charge in [0, 0.05) is 0 Å². The first-order valence-electron chi connectivity index (χ1n) is 4.29. The molecular formula is C5H11F3N8O4S. The van der Waals surface area contributed by atoms with Crippen molar-refractivity contribution in [1.29, 1.82) is 0 Å². The average Bonchev–Trinajstić information content (AvgIpc) is 2.17. The van der Waals surface area contributed by atoms with Crippen molar-refractivity contribution in [3.8, 4) is 0 Å². The van der Waals surface area contributed by atoms with Crippen LogP contribution >= 0.6 is 0 Å². The number of alkyl halides is 3. The van der Waals surface area contributed by atoms with Gasteiger partial charge in [0.1, 0.15) is 0 Å². The fourth-order valence-corrected chi connectivity index (χ4v) is 0.418. The Bertz CT molecular complexity index is 535. The molecule has 0 bridgehead atoms. The van der Waals surface area contributed by atoms with E-state index >= 15 is 0 Å². The van der Waals surface area contributed by atoms with Gasteiger partial charge in [0.25, 0.3) is 0 Å². The Morgan fingerprint density at radius 2 is 1.33 bits per heavy atom. The molecule has 10 N–H and O–H groups in total. The molecule has 0 amide bonds. The van der Waals surface area contributed by atoms with E-state index in [0.717, 1.165) is 0 Å². The maximum absolute atomic E-state index is 12.2. The molecule has 0 aromatic rings. The minimum atomic E-state index is -4.78. The molecule has 0 aliphatic rings. The standard InChI is InChI=1S/C5H9F3N8.H2O4S/c6-5(7,8)2(14-16-4(11)12)1-13-15-3(9)10;1-5(2,3)4/h1H,(H4,9,10,15)(H4,11,12,16);(H2,1,2,3,4)/b13-1+,14-2?;. The molecule has 122 valence electrons. The van der Waals surface area contributed by atoms with Gasteiger partial charge in [-0.2, -0.15) is 26.7 Å². The van der Waals surface area contributed by atoms with Gasteiger partial charge in [-0.05, 0) is 0 Å². The van der Waals surface area contributed by atoms with Gasteiger partial charge in [0.05, 0.1) is 6.21 Å². The lowest BCUT2D eigenvalue weighted by molar-refractivity contribution is -0.0566. The first-order valence-corrected chi connectivity index (χ1v) is 5.68. The molecule has 0 aromatic heterocycles. The second-order valence-corrected chi connectivity index (χ2v) is 3.62. The van der Waals surface area contributed by atoms with Crippen LogP contribution in [0.2, 0.25) is 0 Å². The fourth-order valence-electron chi connectivity index (χ4n) is 0.418. The number of nitrogens with two attached hydrogens (primary N) is 4. The Morgan fingerprint density at radius 1 is 0.952 bits per heavy atom. The third-order valence-electron chi connectivity index (χ3n) is 0.917. The van der Waals surface area contributed by atoms with Crippen LogP contribution in [0.15, 0.2) is 20.4 Å². The number of nitrogens with zero attached hydrogens (tertiary/aromatic N) is 4. The molecule has 0 aliphatic heterocycles. The zero-order valence-electron chi connectivity index (χ0n) is 9.93. The smallest absolute Gasteiger partial charge is 0.369 e. The largest absolute Gasteiger partial charge is 0.436 e. The molecule has 0 rings (SSSR count). The van der Waals surface area contributed by atoms with Gasteiger partial charge in [-0.15, -0.1) is 15.3 Å². The summed E-state index contributed by atoms with van der Waals surface area (Å²) in [4.78, 5) is 0. The van der Waals surface area contributed by atoms with Crippen LogP contribution < -0.4 is 22.9 Å². The lowest BCUT2D eigenvalue weighted by Gasteiger charge is -2.02. The number of hydrogen-bond acceptors (Lipinski definition) is 6. The molecule has 0 aromatic carbocycles. The van der Waals surface area contributed by atoms with Gasteiger partial charge in [-0.25, -0.2) is 0 Å². The van der Waals surface area contributed by atoms with E-state index in [1.54, 1.807) is 0 Å². The molecule has 16 heteroatoms. The molecule has 0 radical (unpaired) electrons. The Balaban J connectivity index is 0. The summed E-state index contributed by atoms with van der Waals surface area (Å²) in [5, 5.41) is 11.4. The lowest BCUT2D eigenvalue weighted by Crippen LogP contribution is -2.26. The van der Waals surface area contributed by atoms with Crippen LogP contribution in [0.3, 0.4) is 0 Å². The second kappa shape index (κ2) is 8.66. The van der Waals surface area contributed by atoms with E-state index in [1.807, 2.05) is 0 Å². The number of guanidine groups is 2. The van der Waals surface area contributed by atoms with Crippen molar-refractivity contribution in [1.82, 2.24) is 0 Å². The Labute approximate surface area is 115 Å². The topological polar surface area (TPSA) is 228 Å². The fraction of sp³-hybridized carbons (Fsp3) is 0.200. The molecule has 0 spiro atoms. The molecule has 0 saturated heterocycles. The summed E-state index contributed by atoms with van der Waals surface area (Å²) in [6.45, 7) is 0. The summed E-state index contributed by atoms with van der Waals surface area (Å²) in [6.07, 6.45) is -4.51. The summed E-state index contributed by atoms with van der Waals surface area (Å²) in [5.74, 6) is -1.13. The quantitative estimate of drug-likeness (QED) is 0.143. The SMILES string of the molecule is NC(N)=NN=C(/C=N/N=C(N)N)C(F)(F)F.O=S(=O)(O)O. The Hall–Kier alpha value is -2.46. The van der Waals surface area contributed by atoms with Gasteiger partial charge < -0.3 is 22.9 Å². The van der Waals surface area contributed by atoms with Gasteiger partial charge in [0.15, 0.2) is 5.71 Å². The molecular weight excluding hydrogens is 325 g/mol. The molecule has 0 fully saturated rings. The Morgan fingerprint density at radius 3 is 1.62 bits per heavy atom. The monoisotopic (exact) mass is 336 g/mol. The average molecular weight is 336 g/mol. The van der Waals surface area contributed by atoms with E-state index in [9.17, 15) is 13.2 Å². The maximum atomic E-state index is 12.2. The summed E-state index contributed by atoms with van der Waals surface area (Å²) in [6, 6.07) is 0. The maximum Gasteiger partial charge on any atom is 0.436 e. The minimum absolute atomic E-state index is 0.270. The van der Waals surface area contributed by atoms with Crippen LogP contribution in [0, 0.1) is 0 Å². The van der Waals surface area contributed by atoms with E-state index in [1.165, 1.54) is 0 Å². The van der Waals surface area contributed by atoms with Gasteiger partial charge in [-0.3, -0.25) is 9.11 Å². The first-order chi connectivity index (χ1) is 9.23. The van der Waals surface area contributed by atoms with E-state index in [0.29, 0.717) is 0 Å². The van der Waals surface area contributed by atoms with Gasteiger partial charge in [-0.1, -0.05) is 0 Å². The minimum Gasteiger partial charge on any atom is -0.369 e. The molecule has 0 atom stereocenters. The number of rotatable bonds is 3. The highest BCUT2D eigenvalue weighted by Crippen LogP contribution is 2.16. The third-order valence-corrected chi connectivity index (χ3v) is 0.917. The van der Waals surface area contributed by atoms with Crippen molar-refractivity contribution in [2.75, 3.05) is 0 Å². The van der Waals surface area contributed by atoms with Crippen LogP contribution in [-0.2, 0) is 10.4 Å². The van der Waals surface area contributed by atoms with E-state index in [4.69, 9.17) is 40.5 Å². The summed E-state index contributed by atoms with van der Waals surface area (Å²) in [5.41, 5.74) is 17.8. The van der Waals surface area contributed by atoms with Crippen LogP contribution in [0.1, 0.15) is 0 Å². The van der Waals surface area contributed by atoms with Crippen LogP contribution in [0.5, 0.6) is 0 Å². The lowest BCUT2D eigenvalue weighted by atomic mass is 10.4. The molecule has 0 unspecified atom stereocenters. The van der Waals surface area contributed by atoms with Gasteiger partial charge in [0.2, 0.25) is 11.9 Å². The zero-order chi connectivity index (χ0) is 17.3. The van der Waals surface area contributed by atoms with Crippen LogP contribution in [0.25, 0.3) is 0 Å². The van der Waals surface area contributed by atoms with Crippen molar-refractivity contribution in [2.45, 2.75) is 6.18 Å². The second-order valence-electron chi connectivity index (χ2n) is 2.73. The first kappa shape index (κ1) is 20.8. The zero-order valence-corrected chi connectivity index (χ0v) is 10.7. The summed E-state index contributed by atoms with van der Waals surface area (Å²) >= 11 is 0. The highest BCUT2D eigenvalue weighted by molar-refractivity contribution is 7.79. The van der Waals surface area contributed by atoms with E-state index in [2.05, 4.69) is 20.4 Å². The molecule has 21 heavy (non-hydrogen) atoms. The summed E-state index contributed by atoms with van der Waals surface area (Å²) in [7, 11) is -4.67. The van der Waals surface area contributed by atoms with Crippen molar-refractivity contribution in [3.63, 3.8) is 0 Å². The Kier molecular flexibility index (Phi) is 8.60. The van der Waals surface area contributed by atoms with Crippen LogP contribution in [0.4, 0.5) is 13.2 Å². The number of hydrogen-bond donors (Lipinski definition) is 6. The molecule has 0 saturated carbocycles. The normalized spacial score (nSPS) is 12.3. The van der Waals surface area contributed by atoms with Crippen molar-refractivity contribution in [3.05, 3.63) is 0 Å². The van der Waals surface area contributed by atoms with E-state index < -0.39 is 34.2 Å². The molecule has 12 nitrogen and oxygen atoms in total. The highest BCUT2D eigenvalue weighted by Gasteiger charge is 2.35. The van der Waals surface area contributed by atoms with Crippen molar-refractivity contribution < 1.29 is 30.7 Å². The van der Waals surface area contributed by atoms with Gasteiger partial charge >= 0.3 is 16.6 Å².